The first-order valence-corrected chi connectivity index (χ1v) is 21.4. The topological polar surface area (TPSA) is 41.6 Å². The van der Waals surface area contributed by atoms with Crippen molar-refractivity contribution < 1.29 is 9.53 Å². The highest BCUT2D eigenvalue weighted by Crippen LogP contribution is 2.18. The molecular weight excluding hydrogens is 601 g/mol. The van der Waals surface area contributed by atoms with Gasteiger partial charge in [-0.15, -0.1) is 0 Å². The fourth-order valence-corrected chi connectivity index (χ4v) is 6.59. The Kier molecular flexibility index (Phi) is 33.5. The second kappa shape index (κ2) is 36.2. The summed E-state index contributed by atoms with van der Waals surface area (Å²) in [6.07, 6.45) is 52.7. The van der Waals surface area contributed by atoms with Crippen LogP contribution in [0.2, 0.25) is 0 Å². The zero-order valence-electron chi connectivity index (χ0n) is 33.0. The molecule has 284 valence electrons. The van der Waals surface area contributed by atoms with Gasteiger partial charge in [-0.05, 0) is 110 Å². The van der Waals surface area contributed by atoms with Crippen LogP contribution in [0.5, 0.6) is 0 Å². The molecule has 0 atom stereocenters. The molecular formula is C45H82N2O2. The third-order valence-electron chi connectivity index (χ3n) is 9.81. The van der Waals surface area contributed by atoms with Crippen LogP contribution < -0.4 is 5.32 Å². The number of likely N-dealkylation sites (tertiary alicyclic amines) is 1. The van der Waals surface area contributed by atoms with Gasteiger partial charge in [-0.2, -0.15) is 0 Å². The predicted molar refractivity (Wildman–Crippen MR) is 216 cm³/mol. The maximum atomic E-state index is 12.7. The zero-order valence-corrected chi connectivity index (χ0v) is 33.0. The van der Waals surface area contributed by atoms with Crippen LogP contribution in [0.25, 0.3) is 0 Å². The zero-order chi connectivity index (χ0) is 35.3. The normalized spacial score (nSPS) is 14.4. The molecule has 0 aliphatic carbocycles. The summed E-state index contributed by atoms with van der Waals surface area (Å²) in [6, 6.07) is 0.598. The van der Waals surface area contributed by atoms with Crippen LogP contribution in [0.15, 0.2) is 48.6 Å². The van der Waals surface area contributed by atoms with Gasteiger partial charge in [-0.3, -0.25) is 4.79 Å². The summed E-state index contributed by atoms with van der Waals surface area (Å²) in [7, 11) is 2.15. The van der Waals surface area contributed by atoms with E-state index in [1.807, 2.05) is 0 Å². The van der Waals surface area contributed by atoms with Gasteiger partial charge in [0.2, 0.25) is 0 Å². The summed E-state index contributed by atoms with van der Waals surface area (Å²) < 4.78 is 6.06. The second-order valence-corrected chi connectivity index (χ2v) is 14.8. The molecule has 0 saturated carbocycles. The standard InChI is InChI=1S/C45H82N2O2/c1-4-6-8-10-12-14-16-18-20-22-24-26-28-30-32-34-37-44(49-45(48)39-36-40-46-43-41-47(3)42-43)38-35-33-31-29-27-25-23-21-19-17-15-13-11-9-7-5-2/h12-15,18-21,43-44,46H,4-11,16-17,22-42H2,1-3H3/b14-12-,15-13-,20-18-,21-19-. The third-order valence-corrected chi connectivity index (χ3v) is 9.81. The number of allylic oxidation sites excluding steroid dienone is 8. The Hall–Kier alpha value is -1.65. The lowest BCUT2D eigenvalue weighted by Crippen LogP contribution is -2.56. The molecule has 1 N–H and O–H groups in total. The number of likely N-dealkylation sites (N-methyl/N-ethyl adjacent to an activating group) is 1. The van der Waals surface area contributed by atoms with Crippen LogP contribution in [0.3, 0.4) is 0 Å². The SMILES string of the molecule is CCCCC/C=C\C/C=C\CCCCCCCCC(CCCCCCCC/C=C\C/C=C\CCCCC)OC(=O)CCCNC1CN(C)C1. The number of ether oxygens (including phenoxy) is 1. The quantitative estimate of drug-likeness (QED) is 0.0406. The Bertz CT molecular complexity index is 778. The van der Waals surface area contributed by atoms with Crippen molar-refractivity contribution in [2.45, 2.75) is 206 Å². The molecule has 0 aromatic carbocycles. The van der Waals surface area contributed by atoms with Gasteiger partial charge in [0, 0.05) is 25.6 Å². The van der Waals surface area contributed by atoms with Gasteiger partial charge in [0.15, 0.2) is 0 Å². The lowest BCUT2D eigenvalue weighted by Gasteiger charge is -2.36. The summed E-state index contributed by atoms with van der Waals surface area (Å²) in [4.78, 5) is 15.0. The van der Waals surface area contributed by atoms with E-state index < -0.39 is 0 Å². The number of carbonyl (C=O) groups is 1. The fraction of sp³-hybridized carbons (Fsp3) is 0.800. The van der Waals surface area contributed by atoms with Gasteiger partial charge >= 0.3 is 5.97 Å². The highest BCUT2D eigenvalue weighted by molar-refractivity contribution is 5.69. The number of hydrogen-bond donors (Lipinski definition) is 1. The Morgan fingerprint density at radius 3 is 1.43 bits per heavy atom. The van der Waals surface area contributed by atoms with E-state index in [0.29, 0.717) is 12.5 Å². The minimum atomic E-state index is 0.0117. The van der Waals surface area contributed by atoms with Gasteiger partial charge < -0.3 is 15.0 Å². The van der Waals surface area contributed by atoms with E-state index in [9.17, 15) is 4.79 Å². The van der Waals surface area contributed by atoms with Crippen molar-refractivity contribution >= 4 is 5.97 Å². The molecule has 49 heavy (non-hydrogen) atoms. The van der Waals surface area contributed by atoms with E-state index in [4.69, 9.17) is 4.74 Å². The third kappa shape index (κ3) is 32.0. The van der Waals surface area contributed by atoms with Crippen molar-refractivity contribution in [2.75, 3.05) is 26.7 Å². The predicted octanol–water partition coefficient (Wildman–Crippen LogP) is 13.0. The summed E-state index contributed by atoms with van der Waals surface area (Å²) in [5.41, 5.74) is 0. The lowest BCUT2D eigenvalue weighted by molar-refractivity contribution is -0.150. The molecule has 1 fully saturated rings. The van der Waals surface area contributed by atoms with Crippen LogP contribution >= 0.6 is 0 Å². The summed E-state index contributed by atoms with van der Waals surface area (Å²) in [6.45, 7) is 7.68. The molecule has 0 bridgehead atoms. The molecule has 1 heterocycles. The fourth-order valence-electron chi connectivity index (χ4n) is 6.59. The maximum Gasteiger partial charge on any atom is 0.306 e. The van der Waals surface area contributed by atoms with Gasteiger partial charge in [0.05, 0.1) is 0 Å². The smallest absolute Gasteiger partial charge is 0.306 e. The number of nitrogens with one attached hydrogen (secondary N) is 1. The Morgan fingerprint density at radius 2 is 1.00 bits per heavy atom. The summed E-state index contributed by atoms with van der Waals surface area (Å²) >= 11 is 0. The molecule has 0 spiro atoms. The van der Waals surface area contributed by atoms with Gasteiger partial charge in [0.1, 0.15) is 6.10 Å². The van der Waals surface area contributed by atoms with E-state index in [1.165, 1.54) is 141 Å². The maximum absolute atomic E-state index is 12.7. The highest BCUT2D eigenvalue weighted by Gasteiger charge is 2.22. The van der Waals surface area contributed by atoms with Crippen molar-refractivity contribution in [3.05, 3.63) is 48.6 Å². The van der Waals surface area contributed by atoms with Gasteiger partial charge in [0.25, 0.3) is 0 Å². The lowest BCUT2D eigenvalue weighted by atomic mass is 10.0. The first kappa shape index (κ1) is 45.4. The number of unbranched alkanes of at least 4 members (excludes halogenated alkanes) is 18. The summed E-state index contributed by atoms with van der Waals surface area (Å²) in [5, 5.41) is 3.57. The highest BCUT2D eigenvalue weighted by atomic mass is 16.5. The Morgan fingerprint density at radius 1 is 0.592 bits per heavy atom. The van der Waals surface area contributed by atoms with Crippen molar-refractivity contribution in [1.82, 2.24) is 10.2 Å². The first-order chi connectivity index (χ1) is 24.2. The van der Waals surface area contributed by atoms with Crippen LogP contribution in [0.1, 0.15) is 194 Å². The van der Waals surface area contributed by atoms with E-state index in [0.717, 1.165) is 51.7 Å². The van der Waals surface area contributed by atoms with Crippen LogP contribution in [0.4, 0.5) is 0 Å². The number of esters is 1. The largest absolute Gasteiger partial charge is 0.462 e. The molecule has 4 heteroatoms. The van der Waals surface area contributed by atoms with Gasteiger partial charge in [-0.1, -0.05) is 140 Å². The molecule has 4 nitrogen and oxygen atoms in total. The molecule has 0 aromatic heterocycles. The van der Waals surface area contributed by atoms with E-state index in [1.54, 1.807) is 0 Å². The monoisotopic (exact) mass is 683 g/mol. The van der Waals surface area contributed by atoms with E-state index >= 15 is 0 Å². The van der Waals surface area contributed by atoms with Crippen LogP contribution in [0, 0.1) is 0 Å². The van der Waals surface area contributed by atoms with E-state index in [2.05, 4.69) is 79.7 Å². The Labute approximate surface area is 306 Å². The molecule has 1 aliphatic heterocycles. The number of hydrogen-bond acceptors (Lipinski definition) is 4. The average Bonchev–Trinajstić information content (AvgIpc) is 3.08. The molecule has 1 aliphatic rings. The molecule has 0 radical (unpaired) electrons. The van der Waals surface area contributed by atoms with Crippen molar-refractivity contribution in [1.29, 1.82) is 0 Å². The summed E-state index contributed by atoms with van der Waals surface area (Å²) in [5.74, 6) is 0.0117. The van der Waals surface area contributed by atoms with Crippen LogP contribution in [-0.2, 0) is 9.53 Å². The minimum Gasteiger partial charge on any atom is -0.462 e. The first-order valence-electron chi connectivity index (χ1n) is 21.4. The molecule has 1 saturated heterocycles. The second-order valence-electron chi connectivity index (χ2n) is 14.8. The van der Waals surface area contributed by atoms with Crippen molar-refractivity contribution in [3.8, 4) is 0 Å². The van der Waals surface area contributed by atoms with Crippen molar-refractivity contribution in [2.24, 2.45) is 0 Å². The molecule has 0 amide bonds. The van der Waals surface area contributed by atoms with Crippen molar-refractivity contribution in [3.63, 3.8) is 0 Å². The van der Waals surface area contributed by atoms with Crippen LogP contribution in [-0.4, -0.2) is 49.7 Å². The number of nitrogens with zero attached hydrogens (tertiary/aromatic N) is 1. The average molecular weight is 683 g/mol. The van der Waals surface area contributed by atoms with Gasteiger partial charge in [-0.25, -0.2) is 0 Å². The molecule has 0 aromatic rings. The minimum absolute atomic E-state index is 0.0117. The Balaban J connectivity index is 2.16. The number of carbonyl (C=O) groups excluding carboxylic acids is 1. The molecule has 0 unspecified atom stereocenters. The van der Waals surface area contributed by atoms with E-state index in [-0.39, 0.29) is 12.1 Å². The number of rotatable bonds is 36. The molecule has 1 rings (SSSR count).